The summed E-state index contributed by atoms with van der Waals surface area (Å²) in [5, 5.41) is 0. The SMILES string of the molecule is COC(=O)C(C)CN(Cc1ccccc1)C(=O)C1CCCO1. The van der Waals surface area contributed by atoms with Gasteiger partial charge in [0.1, 0.15) is 6.10 Å². The molecule has 1 heterocycles. The van der Waals surface area contributed by atoms with Crippen molar-refractivity contribution in [3.63, 3.8) is 0 Å². The number of rotatable bonds is 6. The van der Waals surface area contributed by atoms with E-state index in [2.05, 4.69) is 0 Å². The molecule has 0 bridgehead atoms. The zero-order valence-corrected chi connectivity index (χ0v) is 13.2. The zero-order valence-electron chi connectivity index (χ0n) is 13.2. The normalized spacial score (nSPS) is 18.7. The van der Waals surface area contributed by atoms with E-state index in [4.69, 9.17) is 9.47 Å². The fraction of sp³-hybridized carbons (Fsp3) is 0.529. The van der Waals surface area contributed by atoms with E-state index in [1.54, 1.807) is 11.8 Å². The fourth-order valence-electron chi connectivity index (χ4n) is 2.62. The second kappa shape index (κ2) is 7.94. The largest absolute Gasteiger partial charge is 0.469 e. The first-order chi connectivity index (χ1) is 10.6. The Bertz CT molecular complexity index is 497. The smallest absolute Gasteiger partial charge is 0.310 e. The van der Waals surface area contributed by atoms with Crippen LogP contribution in [-0.4, -0.2) is 43.1 Å². The van der Waals surface area contributed by atoms with Crippen LogP contribution in [0, 0.1) is 5.92 Å². The first kappa shape index (κ1) is 16.5. The van der Waals surface area contributed by atoms with Crippen LogP contribution in [0.3, 0.4) is 0 Å². The van der Waals surface area contributed by atoms with Gasteiger partial charge in [0.2, 0.25) is 0 Å². The molecule has 1 fully saturated rings. The van der Waals surface area contributed by atoms with Crippen molar-refractivity contribution in [3.05, 3.63) is 35.9 Å². The standard InChI is InChI=1S/C17H23NO4/c1-13(17(20)21-2)11-18(12-14-7-4-3-5-8-14)16(19)15-9-6-10-22-15/h3-5,7-8,13,15H,6,9-12H2,1-2H3. The molecule has 2 unspecified atom stereocenters. The van der Waals surface area contributed by atoms with Crippen LogP contribution in [0.25, 0.3) is 0 Å². The van der Waals surface area contributed by atoms with Crippen LogP contribution in [-0.2, 0) is 25.6 Å². The van der Waals surface area contributed by atoms with Crippen molar-refractivity contribution in [1.82, 2.24) is 4.90 Å². The molecular weight excluding hydrogens is 282 g/mol. The van der Waals surface area contributed by atoms with Crippen LogP contribution in [0.5, 0.6) is 0 Å². The summed E-state index contributed by atoms with van der Waals surface area (Å²) in [6.45, 7) is 3.20. The summed E-state index contributed by atoms with van der Waals surface area (Å²) < 4.78 is 10.3. The number of nitrogens with zero attached hydrogens (tertiary/aromatic N) is 1. The quantitative estimate of drug-likeness (QED) is 0.754. The molecule has 0 saturated carbocycles. The van der Waals surface area contributed by atoms with Gasteiger partial charge in [0.25, 0.3) is 5.91 Å². The number of hydrogen-bond acceptors (Lipinski definition) is 4. The third-order valence-corrected chi connectivity index (χ3v) is 3.83. The number of methoxy groups -OCH3 is 1. The summed E-state index contributed by atoms with van der Waals surface area (Å²) >= 11 is 0. The van der Waals surface area contributed by atoms with Gasteiger partial charge in [-0.1, -0.05) is 37.3 Å². The molecule has 0 N–H and O–H groups in total. The molecule has 120 valence electrons. The van der Waals surface area contributed by atoms with E-state index in [-0.39, 0.29) is 23.9 Å². The highest BCUT2D eigenvalue weighted by Gasteiger charge is 2.30. The molecule has 22 heavy (non-hydrogen) atoms. The lowest BCUT2D eigenvalue weighted by molar-refractivity contribution is -0.148. The summed E-state index contributed by atoms with van der Waals surface area (Å²) in [4.78, 5) is 26.0. The molecule has 0 radical (unpaired) electrons. The van der Waals surface area contributed by atoms with Crippen LogP contribution >= 0.6 is 0 Å². The molecule has 0 aromatic heterocycles. The summed E-state index contributed by atoms with van der Waals surface area (Å²) in [6.07, 6.45) is 1.27. The van der Waals surface area contributed by atoms with Crippen molar-refractivity contribution in [2.75, 3.05) is 20.3 Å². The average molecular weight is 305 g/mol. The molecule has 1 aromatic carbocycles. The monoisotopic (exact) mass is 305 g/mol. The zero-order chi connectivity index (χ0) is 15.9. The van der Waals surface area contributed by atoms with Gasteiger partial charge in [-0.2, -0.15) is 0 Å². The third kappa shape index (κ3) is 4.31. The van der Waals surface area contributed by atoms with Crippen molar-refractivity contribution in [3.8, 4) is 0 Å². The van der Waals surface area contributed by atoms with Gasteiger partial charge in [0, 0.05) is 19.7 Å². The molecule has 2 atom stereocenters. The molecule has 0 spiro atoms. The molecule has 5 heteroatoms. The van der Waals surface area contributed by atoms with E-state index < -0.39 is 0 Å². The predicted octanol–water partition coefficient (Wildman–Crippen LogP) is 2.00. The molecule has 1 aromatic rings. The number of amides is 1. The molecule has 1 aliphatic heterocycles. The number of ether oxygens (including phenoxy) is 2. The van der Waals surface area contributed by atoms with Gasteiger partial charge >= 0.3 is 5.97 Å². The van der Waals surface area contributed by atoms with Crippen LogP contribution in [0.4, 0.5) is 0 Å². The van der Waals surface area contributed by atoms with Crippen LogP contribution in [0.15, 0.2) is 30.3 Å². The maximum absolute atomic E-state index is 12.6. The Morgan fingerprint density at radius 3 is 2.68 bits per heavy atom. The van der Waals surface area contributed by atoms with Gasteiger partial charge < -0.3 is 14.4 Å². The van der Waals surface area contributed by atoms with Crippen LogP contribution in [0.2, 0.25) is 0 Å². The predicted molar refractivity (Wildman–Crippen MR) is 82.0 cm³/mol. The average Bonchev–Trinajstić information content (AvgIpc) is 3.08. The molecule has 1 amide bonds. The lowest BCUT2D eigenvalue weighted by atomic mass is 10.1. The fourth-order valence-corrected chi connectivity index (χ4v) is 2.62. The Balaban J connectivity index is 2.08. The van der Waals surface area contributed by atoms with Crippen molar-refractivity contribution < 1.29 is 19.1 Å². The van der Waals surface area contributed by atoms with E-state index in [0.717, 1.165) is 18.4 Å². The molecule has 2 rings (SSSR count). The number of carbonyl (C=O) groups is 2. The van der Waals surface area contributed by atoms with Crippen molar-refractivity contribution in [2.24, 2.45) is 5.92 Å². The maximum atomic E-state index is 12.6. The Morgan fingerprint density at radius 2 is 2.09 bits per heavy atom. The Hall–Kier alpha value is -1.88. The highest BCUT2D eigenvalue weighted by molar-refractivity contribution is 5.82. The van der Waals surface area contributed by atoms with Gasteiger partial charge in [0.05, 0.1) is 13.0 Å². The summed E-state index contributed by atoms with van der Waals surface area (Å²) in [5.74, 6) is -0.714. The van der Waals surface area contributed by atoms with E-state index >= 15 is 0 Å². The van der Waals surface area contributed by atoms with Gasteiger partial charge in [-0.25, -0.2) is 0 Å². The van der Waals surface area contributed by atoms with Crippen molar-refractivity contribution >= 4 is 11.9 Å². The second-order valence-corrected chi connectivity index (χ2v) is 5.63. The van der Waals surface area contributed by atoms with Gasteiger partial charge in [-0.3, -0.25) is 9.59 Å². The maximum Gasteiger partial charge on any atom is 0.310 e. The van der Waals surface area contributed by atoms with Gasteiger partial charge in [0.15, 0.2) is 0 Å². The molecule has 0 aliphatic carbocycles. The van der Waals surface area contributed by atoms with Crippen LogP contribution < -0.4 is 0 Å². The van der Waals surface area contributed by atoms with Crippen LogP contribution in [0.1, 0.15) is 25.3 Å². The number of esters is 1. The Labute approximate surface area is 131 Å². The minimum atomic E-state index is -0.381. The molecule has 1 aliphatic rings. The summed E-state index contributed by atoms with van der Waals surface area (Å²) in [7, 11) is 1.36. The number of hydrogen-bond donors (Lipinski definition) is 0. The van der Waals surface area contributed by atoms with Gasteiger partial charge in [-0.05, 0) is 18.4 Å². The minimum absolute atomic E-state index is 0.0443. The number of benzene rings is 1. The van der Waals surface area contributed by atoms with E-state index in [1.807, 2.05) is 30.3 Å². The summed E-state index contributed by atoms with van der Waals surface area (Å²) in [6, 6.07) is 9.76. The molecular formula is C17H23NO4. The third-order valence-electron chi connectivity index (χ3n) is 3.83. The lowest BCUT2D eigenvalue weighted by Gasteiger charge is -2.27. The molecule has 5 nitrogen and oxygen atoms in total. The first-order valence-corrected chi connectivity index (χ1v) is 7.64. The molecule has 1 saturated heterocycles. The topological polar surface area (TPSA) is 55.8 Å². The lowest BCUT2D eigenvalue weighted by Crippen LogP contribution is -2.42. The van der Waals surface area contributed by atoms with E-state index in [1.165, 1.54) is 7.11 Å². The van der Waals surface area contributed by atoms with Crippen molar-refractivity contribution in [1.29, 1.82) is 0 Å². The van der Waals surface area contributed by atoms with E-state index in [9.17, 15) is 9.59 Å². The first-order valence-electron chi connectivity index (χ1n) is 7.64. The van der Waals surface area contributed by atoms with Gasteiger partial charge in [-0.15, -0.1) is 0 Å². The van der Waals surface area contributed by atoms with E-state index in [0.29, 0.717) is 19.7 Å². The Kier molecular flexibility index (Phi) is 5.95. The minimum Gasteiger partial charge on any atom is -0.469 e. The number of carbonyl (C=O) groups excluding carboxylic acids is 2. The Morgan fingerprint density at radius 1 is 1.36 bits per heavy atom. The second-order valence-electron chi connectivity index (χ2n) is 5.63. The van der Waals surface area contributed by atoms with Crippen molar-refractivity contribution in [2.45, 2.75) is 32.4 Å². The summed E-state index contributed by atoms with van der Waals surface area (Å²) in [5.41, 5.74) is 1.03. The highest BCUT2D eigenvalue weighted by Crippen LogP contribution is 2.18. The highest BCUT2D eigenvalue weighted by atomic mass is 16.5.